The van der Waals surface area contributed by atoms with Crippen molar-refractivity contribution in [2.75, 3.05) is 12.4 Å². The number of fused-ring (bicyclic) bond motifs is 2. The minimum Gasteiger partial charge on any atom is -0.497 e. The van der Waals surface area contributed by atoms with Crippen LogP contribution >= 0.6 is 0 Å². The summed E-state index contributed by atoms with van der Waals surface area (Å²) in [7, 11) is 1.68. The van der Waals surface area contributed by atoms with Crippen molar-refractivity contribution < 1.29 is 4.74 Å². The molecule has 2 aromatic heterocycles. The lowest BCUT2D eigenvalue weighted by Gasteiger charge is -2.16. The second-order valence-electron chi connectivity index (χ2n) is 7.35. The zero-order valence-electron chi connectivity index (χ0n) is 16.8. The minimum atomic E-state index is -0.244. The van der Waals surface area contributed by atoms with Crippen molar-refractivity contribution in [3.05, 3.63) is 40.7 Å². The van der Waals surface area contributed by atoms with Gasteiger partial charge in [0, 0.05) is 16.8 Å². The van der Waals surface area contributed by atoms with Gasteiger partial charge in [-0.1, -0.05) is 13.0 Å². The summed E-state index contributed by atoms with van der Waals surface area (Å²) >= 11 is 0. The van der Waals surface area contributed by atoms with Crippen LogP contribution < -0.4 is 10.1 Å². The standard InChI is InChI=1S/C22H25N5O/c1-5-15(12-23)24-21-18-7-6-8-19(18)25-22-20(14(3)26-27(21)22)17-10-9-16(28-4)11-13(17)2/h9-11,15,24H,5-8H2,1-4H3/t15-/m0/s1. The van der Waals surface area contributed by atoms with Gasteiger partial charge in [0.25, 0.3) is 0 Å². The Morgan fingerprint density at radius 1 is 1.32 bits per heavy atom. The Morgan fingerprint density at radius 3 is 2.82 bits per heavy atom. The van der Waals surface area contributed by atoms with E-state index in [-0.39, 0.29) is 6.04 Å². The number of hydrogen-bond acceptors (Lipinski definition) is 5. The molecular weight excluding hydrogens is 350 g/mol. The van der Waals surface area contributed by atoms with Crippen LogP contribution in [0.4, 0.5) is 5.82 Å². The quantitative estimate of drug-likeness (QED) is 0.722. The Morgan fingerprint density at radius 2 is 2.14 bits per heavy atom. The van der Waals surface area contributed by atoms with Crippen LogP contribution in [0.3, 0.4) is 0 Å². The first-order valence-corrected chi connectivity index (χ1v) is 9.79. The van der Waals surface area contributed by atoms with E-state index >= 15 is 0 Å². The van der Waals surface area contributed by atoms with Gasteiger partial charge in [0.2, 0.25) is 0 Å². The van der Waals surface area contributed by atoms with E-state index < -0.39 is 0 Å². The molecule has 6 nitrogen and oxygen atoms in total. The van der Waals surface area contributed by atoms with Crippen LogP contribution in [0.2, 0.25) is 0 Å². The minimum absolute atomic E-state index is 0.244. The molecule has 0 saturated carbocycles. The molecule has 0 aliphatic heterocycles. The molecule has 0 saturated heterocycles. The number of methoxy groups -OCH3 is 1. The zero-order chi connectivity index (χ0) is 19.8. The van der Waals surface area contributed by atoms with E-state index in [2.05, 4.69) is 24.4 Å². The predicted molar refractivity (Wildman–Crippen MR) is 110 cm³/mol. The Bertz CT molecular complexity index is 1090. The number of nitriles is 1. The normalized spacial score (nSPS) is 14.0. The number of nitrogens with zero attached hydrogens (tertiary/aromatic N) is 4. The molecule has 3 aromatic rings. The van der Waals surface area contributed by atoms with Crippen LogP contribution in [0.5, 0.6) is 5.75 Å². The molecule has 2 heterocycles. The van der Waals surface area contributed by atoms with Crippen LogP contribution in [0.1, 0.15) is 42.3 Å². The number of aryl methyl sites for hydroxylation is 3. The maximum absolute atomic E-state index is 9.46. The fraction of sp³-hybridized carbons (Fsp3) is 0.409. The highest BCUT2D eigenvalue weighted by Gasteiger charge is 2.25. The first-order chi connectivity index (χ1) is 13.6. The molecule has 1 atom stereocenters. The fourth-order valence-electron chi connectivity index (χ4n) is 4.03. The van der Waals surface area contributed by atoms with E-state index in [0.717, 1.165) is 71.0 Å². The van der Waals surface area contributed by atoms with Crippen molar-refractivity contribution in [2.45, 2.75) is 52.5 Å². The monoisotopic (exact) mass is 375 g/mol. The largest absolute Gasteiger partial charge is 0.497 e. The van der Waals surface area contributed by atoms with Crippen molar-refractivity contribution in [3.63, 3.8) is 0 Å². The highest BCUT2D eigenvalue weighted by atomic mass is 16.5. The number of hydrogen-bond donors (Lipinski definition) is 1. The molecule has 1 N–H and O–H groups in total. The highest BCUT2D eigenvalue weighted by Crippen LogP contribution is 2.36. The maximum Gasteiger partial charge on any atom is 0.165 e. The lowest BCUT2D eigenvalue weighted by molar-refractivity contribution is 0.414. The number of rotatable bonds is 5. The van der Waals surface area contributed by atoms with Crippen molar-refractivity contribution in [1.82, 2.24) is 14.6 Å². The predicted octanol–water partition coefficient (Wildman–Crippen LogP) is 4.22. The van der Waals surface area contributed by atoms with Gasteiger partial charge in [0.1, 0.15) is 17.6 Å². The van der Waals surface area contributed by atoms with Crippen molar-refractivity contribution in [2.24, 2.45) is 0 Å². The Labute approximate surface area is 165 Å². The molecule has 0 fully saturated rings. The molecule has 1 aromatic carbocycles. The molecule has 6 heteroatoms. The van der Waals surface area contributed by atoms with Crippen LogP contribution in [0.25, 0.3) is 16.8 Å². The van der Waals surface area contributed by atoms with Gasteiger partial charge in [-0.25, -0.2) is 4.98 Å². The summed E-state index contributed by atoms with van der Waals surface area (Å²) < 4.78 is 7.26. The Hall–Kier alpha value is -3.07. The molecule has 1 aliphatic carbocycles. The molecular formula is C22H25N5O. The number of benzene rings is 1. The summed E-state index contributed by atoms with van der Waals surface area (Å²) in [6.45, 7) is 6.11. The van der Waals surface area contributed by atoms with Gasteiger partial charge in [0.05, 0.1) is 18.9 Å². The second-order valence-corrected chi connectivity index (χ2v) is 7.35. The lowest BCUT2D eigenvalue weighted by Crippen LogP contribution is -2.20. The van der Waals surface area contributed by atoms with Crippen molar-refractivity contribution in [1.29, 1.82) is 5.26 Å². The molecule has 4 rings (SSSR count). The van der Waals surface area contributed by atoms with Crippen molar-refractivity contribution >= 4 is 11.5 Å². The average molecular weight is 375 g/mol. The van der Waals surface area contributed by atoms with E-state index in [1.807, 2.05) is 30.5 Å². The molecule has 28 heavy (non-hydrogen) atoms. The summed E-state index contributed by atoms with van der Waals surface area (Å²) in [4.78, 5) is 5.00. The van der Waals surface area contributed by atoms with Crippen LogP contribution in [-0.4, -0.2) is 27.7 Å². The van der Waals surface area contributed by atoms with Crippen molar-refractivity contribution in [3.8, 4) is 22.9 Å². The highest BCUT2D eigenvalue weighted by molar-refractivity contribution is 5.83. The van der Waals surface area contributed by atoms with Gasteiger partial charge in [-0.2, -0.15) is 14.9 Å². The van der Waals surface area contributed by atoms with Gasteiger partial charge in [0.15, 0.2) is 5.65 Å². The summed E-state index contributed by atoms with van der Waals surface area (Å²) in [6.07, 6.45) is 3.76. The van der Waals surface area contributed by atoms with E-state index in [0.29, 0.717) is 0 Å². The summed E-state index contributed by atoms with van der Waals surface area (Å²) in [5.41, 5.74) is 7.37. The third-order valence-corrected chi connectivity index (χ3v) is 5.54. The number of ether oxygens (including phenoxy) is 1. The zero-order valence-corrected chi connectivity index (χ0v) is 16.8. The SMILES string of the molecule is CC[C@@H](C#N)Nc1c2c(nc3c(-c4ccc(OC)cc4C)c(C)nn13)CCC2. The molecule has 0 amide bonds. The molecule has 0 bridgehead atoms. The second kappa shape index (κ2) is 7.16. The van der Waals surface area contributed by atoms with Gasteiger partial charge in [-0.15, -0.1) is 0 Å². The molecule has 0 unspecified atom stereocenters. The van der Waals surface area contributed by atoms with Crippen LogP contribution in [-0.2, 0) is 12.8 Å². The van der Waals surface area contributed by atoms with Crippen LogP contribution in [0.15, 0.2) is 18.2 Å². The molecule has 1 aliphatic rings. The fourth-order valence-corrected chi connectivity index (χ4v) is 4.03. The third kappa shape index (κ3) is 2.88. The number of aromatic nitrogens is 3. The molecule has 144 valence electrons. The van der Waals surface area contributed by atoms with Gasteiger partial charge < -0.3 is 10.1 Å². The molecule has 0 spiro atoms. The summed E-state index contributed by atoms with van der Waals surface area (Å²) in [5, 5.41) is 17.7. The number of nitrogens with one attached hydrogen (secondary N) is 1. The van der Waals surface area contributed by atoms with E-state index in [4.69, 9.17) is 14.8 Å². The summed E-state index contributed by atoms with van der Waals surface area (Å²) in [5.74, 6) is 1.76. The smallest absolute Gasteiger partial charge is 0.165 e. The lowest BCUT2D eigenvalue weighted by atomic mass is 10.0. The van der Waals surface area contributed by atoms with Crippen LogP contribution in [0, 0.1) is 25.2 Å². The Kier molecular flexibility index (Phi) is 4.68. The Balaban J connectivity index is 1.96. The average Bonchev–Trinajstić information content (AvgIpc) is 3.29. The van der Waals surface area contributed by atoms with Gasteiger partial charge >= 0.3 is 0 Å². The summed E-state index contributed by atoms with van der Waals surface area (Å²) in [6, 6.07) is 8.18. The first kappa shape index (κ1) is 18.3. The third-order valence-electron chi connectivity index (χ3n) is 5.54. The van der Waals surface area contributed by atoms with E-state index in [9.17, 15) is 5.26 Å². The van der Waals surface area contributed by atoms with E-state index in [1.165, 1.54) is 5.56 Å². The molecule has 0 radical (unpaired) electrons. The topological polar surface area (TPSA) is 75.2 Å². The number of anilines is 1. The first-order valence-electron chi connectivity index (χ1n) is 9.79. The van der Waals surface area contributed by atoms with E-state index in [1.54, 1.807) is 7.11 Å². The van der Waals surface area contributed by atoms with Gasteiger partial charge in [-0.3, -0.25) is 0 Å². The maximum atomic E-state index is 9.46. The van der Waals surface area contributed by atoms with Gasteiger partial charge in [-0.05, 0) is 62.8 Å².